The molecule has 0 bridgehead atoms. The van der Waals surface area contributed by atoms with Crippen molar-refractivity contribution in [2.75, 3.05) is 13.1 Å². The van der Waals surface area contributed by atoms with Gasteiger partial charge in [0, 0.05) is 24.5 Å². The summed E-state index contributed by atoms with van der Waals surface area (Å²) in [6.07, 6.45) is 1.15. The van der Waals surface area contributed by atoms with E-state index in [0.717, 1.165) is 9.35 Å². The van der Waals surface area contributed by atoms with Crippen LogP contribution in [0.1, 0.15) is 42.6 Å². The molecule has 0 aromatic carbocycles. The summed E-state index contributed by atoms with van der Waals surface area (Å²) in [5, 5.41) is 10.2. The average molecular weight is 416 g/mol. The molecule has 2 unspecified atom stereocenters. The molecule has 132 valence electrons. The van der Waals surface area contributed by atoms with Crippen LogP contribution in [0.25, 0.3) is 0 Å². The first-order chi connectivity index (χ1) is 11.3. The molecule has 0 saturated carbocycles. The SMILES string of the molecule is CCC(CNC(=O)c1csc(Br)c1C)NC(=O)C1(C)CCNC1=O. The largest absolute Gasteiger partial charge is 0.355 e. The van der Waals surface area contributed by atoms with Crippen molar-refractivity contribution in [3.8, 4) is 0 Å². The summed E-state index contributed by atoms with van der Waals surface area (Å²) in [7, 11) is 0. The minimum Gasteiger partial charge on any atom is -0.355 e. The molecule has 0 radical (unpaired) electrons. The van der Waals surface area contributed by atoms with Gasteiger partial charge in [0.2, 0.25) is 11.8 Å². The summed E-state index contributed by atoms with van der Waals surface area (Å²) >= 11 is 4.87. The summed E-state index contributed by atoms with van der Waals surface area (Å²) in [5.74, 6) is -0.683. The van der Waals surface area contributed by atoms with Gasteiger partial charge in [-0.3, -0.25) is 14.4 Å². The number of halogens is 1. The van der Waals surface area contributed by atoms with Crippen molar-refractivity contribution in [1.29, 1.82) is 0 Å². The van der Waals surface area contributed by atoms with Gasteiger partial charge in [-0.15, -0.1) is 11.3 Å². The number of nitrogens with one attached hydrogen (secondary N) is 3. The molecule has 3 N–H and O–H groups in total. The summed E-state index contributed by atoms with van der Waals surface area (Å²) in [4.78, 5) is 36.5. The predicted molar refractivity (Wildman–Crippen MR) is 97.0 cm³/mol. The highest BCUT2D eigenvalue weighted by Gasteiger charge is 2.45. The number of thiophene rings is 1. The van der Waals surface area contributed by atoms with E-state index in [-0.39, 0.29) is 23.8 Å². The van der Waals surface area contributed by atoms with E-state index in [2.05, 4.69) is 31.9 Å². The maximum absolute atomic E-state index is 12.4. The third-order valence-electron chi connectivity index (χ3n) is 4.47. The van der Waals surface area contributed by atoms with Crippen LogP contribution in [0.4, 0.5) is 0 Å². The summed E-state index contributed by atoms with van der Waals surface area (Å²) < 4.78 is 0.938. The molecule has 1 aromatic heterocycles. The number of amides is 3. The first-order valence-electron chi connectivity index (χ1n) is 7.90. The lowest BCUT2D eigenvalue weighted by Crippen LogP contribution is -2.50. The van der Waals surface area contributed by atoms with Gasteiger partial charge in [-0.1, -0.05) is 6.92 Å². The van der Waals surface area contributed by atoms with Gasteiger partial charge in [0.1, 0.15) is 5.41 Å². The number of hydrogen-bond donors (Lipinski definition) is 3. The van der Waals surface area contributed by atoms with E-state index >= 15 is 0 Å². The van der Waals surface area contributed by atoms with Gasteiger partial charge in [0.25, 0.3) is 5.91 Å². The molecule has 2 rings (SSSR count). The van der Waals surface area contributed by atoms with Crippen LogP contribution in [0, 0.1) is 12.3 Å². The monoisotopic (exact) mass is 415 g/mol. The van der Waals surface area contributed by atoms with E-state index in [1.165, 1.54) is 11.3 Å². The number of carbonyl (C=O) groups excluding carboxylic acids is 3. The fourth-order valence-electron chi connectivity index (χ4n) is 2.52. The van der Waals surface area contributed by atoms with Crippen LogP contribution in [-0.2, 0) is 9.59 Å². The molecule has 0 spiro atoms. The molecule has 1 aromatic rings. The quantitative estimate of drug-likeness (QED) is 0.620. The van der Waals surface area contributed by atoms with E-state index in [1.807, 2.05) is 13.8 Å². The minimum atomic E-state index is -1.02. The van der Waals surface area contributed by atoms with E-state index < -0.39 is 5.41 Å². The fraction of sp³-hybridized carbons (Fsp3) is 0.562. The first-order valence-corrected chi connectivity index (χ1v) is 9.58. The van der Waals surface area contributed by atoms with Gasteiger partial charge in [-0.05, 0) is 48.2 Å². The van der Waals surface area contributed by atoms with Gasteiger partial charge in [-0.25, -0.2) is 0 Å². The molecular formula is C16H22BrN3O3S. The topological polar surface area (TPSA) is 87.3 Å². The van der Waals surface area contributed by atoms with E-state index in [1.54, 1.807) is 12.3 Å². The van der Waals surface area contributed by atoms with E-state index in [4.69, 9.17) is 0 Å². The Balaban J connectivity index is 1.93. The van der Waals surface area contributed by atoms with Gasteiger partial charge < -0.3 is 16.0 Å². The number of rotatable bonds is 6. The Hall–Kier alpha value is -1.41. The molecule has 2 atom stereocenters. The molecule has 24 heavy (non-hydrogen) atoms. The van der Waals surface area contributed by atoms with Crippen molar-refractivity contribution in [2.24, 2.45) is 5.41 Å². The molecule has 3 amide bonds. The van der Waals surface area contributed by atoms with E-state index in [0.29, 0.717) is 31.5 Å². The highest BCUT2D eigenvalue weighted by molar-refractivity contribution is 9.11. The van der Waals surface area contributed by atoms with Gasteiger partial charge in [0.05, 0.1) is 9.35 Å². The lowest BCUT2D eigenvalue weighted by molar-refractivity contribution is -0.140. The van der Waals surface area contributed by atoms with Crippen LogP contribution in [0.2, 0.25) is 0 Å². The van der Waals surface area contributed by atoms with Gasteiger partial charge in [0.15, 0.2) is 0 Å². The highest BCUT2D eigenvalue weighted by atomic mass is 79.9. The molecule has 8 heteroatoms. The first kappa shape index (κ1) is 18.9. The second kappa shape index (κ2) is 7.65. The van der Waals surface area contributed by atoms with Crippen molar-refractivity contribution in [3.63, 3.8) is 0 Å². The Morgan fingerprint density at radius 2 is 2.21 bits per heavy atom. The van der Waals surface area contributed by atoms with Crippen LogP contribution in [0.5, 0.6) is 0 Å². The van der Waals surface area contributed by atoms with Crippen LogP contribution in [0.3, 0.4) is 0 Å². The second-order valence-electron chi connectivity index (χ2n) is 6.17. The van der Waals surface area contributed by atoms with E-state index in [9.17, 15) is 14.4 Å². The Labute approximate surface area is 153 Å². The van der Waals surface area contributed by atoms with Crippen molar-refractivity contribution < 1.29 is 14.4 Å². The lowest BCUT2D eigenvalue weighted by Gasteiger charge is -2.24. The van der Waals surface area contributed by atoms with Crippen molar-refractivity contribution in [2.45, 2.75) is 39.7 Å². The molecule has 1 aliphatic rings. The molecular weight excluding hydrogens is 394 g/mol. The average Bonchev–Trinajstić information content (AvgIpc) is 3.07. The maximum atomic E-state index is 12.4. The van der Waals surface area contributed by atoms with Gasteiger partial charge >= 0.3 is 0 Å². The molecule has 1 saturated heterocycles. The zero-order valence-electron chi connectivity index (χ0n) is 14.0. The van der Waals surface area contributed by atoms with Gasteiger partial charge in [-0.2, -0.15) is 0 Å². The van der Waals surface area contributed by atoms with Crippen LogP contribution < -0.4 is 16.0 Å². The van der Waals surface area contributed by atoms with Crippen LogP contribution in [-0.4, -0.2) is 36.9 Å². The Morgan fingerprint density at radius 1 is 1.50 bits per heavy atom. The van der Waals surface area contributed by atoms with Crippen molar-refractivity contribution in [1.82, 2.24) is 16.0 Å². The summed E-state index contributed by atoms with van der Waals surface area (Å²) in [6, 6.07) is -0.214. The highest BCUT2D eigenvalue weighted by Crippen LogP contribution is 2.27. The zero-order chi connectivity index (χ0) is 17.9. The molecule has 2 heterocycles. The molecule has 1 fully saturated rings. The van der Waals surface area contributed by atoms with Crippen molar-refractivity contribution >= 4 is 45.0 Å². The fourth-order valence-corrected chi connectivity index (χ4v) is 3.81. The lowest BCUT2D eigenvalue weighted by atomic mass is 9.87. The normalized spacial score (nSPS) is 21.2. The minimum absolute atomic E-state index is 0.160. The molecule has 6 nitrogen and oxygen atoms in total. The Morgan fingerprint density at radius 3 is 2.71 bits per heavy atom. The maximum Gasteiger partial charge on any atom is 0.252 e. The van der Waals surface area contributed by atoms with Crippen LogP contribution >= 0.6 is 27.3 Å². The van der Waals surface area contributed by atoms with Crippen LogP contribution in [0.15, 0.2) is 9.17 Å². The zero-order valence-corrected chi connectivity index (χ0v) is 16.4. The Bertz CT molecular complexity index is 661. The third kappa shape index (κ3) is 3.80. The molecule has 1 aliphatic heterocycles. The number of carbonyl (C=O) groups is 3. The third-order valence-corrected chi connectivity index (χ3v) is 6.50. The number of hydrogen-bond acceptors (Lipinski definition) is 4. The summed E-state index contributed by atoms with van der Waals surface area (Å²) in [6.45, 7) is 6.31. The smallest absolute Gasteiger partial charge is 0.252 e. The predicted octanol–water partition coefficient (Wildman–Crippen LogP) is 1.97. The Kier molecular flexibility index (Phi) is 6.03. The summed E-state index contributed by atoms with van der Waals surface area (Å²) in [5.41, 5.74) is 0.520. The standard InChI is InChI=1S/C16H22BrN3O3S/c1-4-10(20-15(23)16(3)5-6-18-14(16)22)7-19-13(21)11-8-24-12(17)9(11)2/h8,10H,4-7H2,1-3H3,(H,18,22)(H,19,21)(H,20,23). The molecule has 0 aliphatic carbocycles. The second-order valence-corrected chi connectivity index (χ2v) is 8.37. The van der Waals surface area contributed by atoms with Crippen molar-refractivity contribution in [3.05, 3.63) is 20.3 Å².